The number of para-hydroxylation sites is 1. The standard InChI is InChI=1S/C28H37N9O2.H2S/c1-18(2)24(13-14-26(38)36(3)21-11-9-19(10-12-21)27-32-34-35-33-27)37-17-20-15-25(30-16-23(20)31-28(37)29)39-22-7-5-4-6-8-22;/h4-8,15-16,18-19,21,24H,9-14,17H2,1-3H3,(H2,29,31)(H,32,33,34,35);1H2/t19?,21?,24-;/m0./s1. The molecule has 214 valence electrons. The Morgan fingerprint density at radius 2 is 1.95 bits per heavy atom. The first kappa shape index (κ1) is 29.3. The quantitative estimate of drug-likeness (QED) is 0.393. The van der Waals surface area contributed by atoms with Crippen LogP contribution in [0.25, 0.3) is 0 Å². The molecule has 12 heteroatoms. The Morgan fingerprint density at radius 1 is 1.20 bits per heavy atom. The molecule has 1 fully saturated rings. The van der Waals surface area contributed by atoms with Crippen molar-refractivity contribution in [3.63, 3.8) is 0 Å². The number of rotatable bonds is 9. The summed E-state index contributed by atoms with van der Waals surface area (Å²) in [6, 6.07) is 11.8. The molecule has 1 saturated carbocycles. The van der Waals surface area contributed by atoms with Gasteiger partial charge in [0.05, 0.1) is 11.9 Å². The van der Waals surface area contributed by atoms with Crippen molar-refractivity contribution in [2.24, 2.45) is 16.6 Å². The van der Waals surface area contributed by atoms with Crippen LogP contribution in [0.2, 0.25) is 0 Å². The zero-order valence-corrected chi connectivity index (χ0v) is 24.3. The van der Waals surface area contributed by atoms with Crippen LogP contribution in [0.15, 0.2) is 47.6 Å². The Bertz CT molecular complexity index is 1280. The number of tetrazole rings is 1. The molecular weight excluding hydrogens is 526 g/mol. The average molecular weight is 566 g/mol. The fourth-order valence-corrected chi connectivity index (χ4v) is 5.66. The summed E-state index contributed by atoms with van der Waals surface area (Å²) in [5, 5.41) is 14.5. The largest absolute Gasteiger partial charge is 0.439 e. The average Bonchev–Trinajstić information content (AvgIpc) is 3.49. The number of nitrogens with two attached hydrogens (primary N) is 1. The number of H-pyrrole nitrogens is 1. The van der Waals surface area contributed by atoms with Crippen molar-refractivity contribution in [2.45, 2.75) is 76.9 Å². The predicted octanol–water partition coefficient (Wildman–Crippen LogP) is 4.25. The number of carbonyl (C=O) groups excluding carboxylic acids is 1. The molecule has 1 aliphatic heterocycles. The Morgan fingerprint density at radius 3 is 2.62 bits per heavy atom. The lowest BCUT2D eigenvalue weighted by atomic mass is 9.85. The molecule has 1 atom stereocenters. The summed E-state index contributed by atoms with van der Waals surface area (Å²) < 4.78 is 5.93. The molecule has 0 radical (unpaired) electrons. The van der Waals surface area contributed by atoms with Gasteiger partial charge in [0.1, 0.15) is 5.75 Å². The summed E-state index contributed by atoms with van der Waals surface area (Å²) in [7, 11) is 1.93. The molecule has 0 spiro atoms. The van der Waals surface area contributed by atoms with Crippen molar-refractivity contribution < 1.29 is 9.53 Å². The van der Waals surface area contributed by atoms with Gasteiger partial charge in [0.2, 0.25) is 11.8 Å². The zero-order valence-electron chi connectivity index (χ0n) is 23.3. The van der Waals surface area contributed by atoms with Crippen molar-refractivity contribution in [3.05, 3.63) is 54.0 Å². The van der Waals surface area contributed by atoms with E-state index in [0.29, 0.717) is 37.1 Å². The SMILES string of the molecule is CC(C)[C@H](CCC(=O)N(C)C1CCC(c2nn[nH]n2)CC1)N1Cc2cc(Oc3ccccc3)ncc2N=C1N.S. The van der Waals surface area contributed by atoms with Gasteiger partial charge in [-0.3, -0.25) is 4.79 Å². The third-order valence-electron chi connectivity index (χ3n) is 7.96. The molecule has 2 aromatic heterocycles. The lowest BCUT2D eigenvalue weighted by Crippen LogP contribution is -2.48. The Balaban J connectivity index is 0.00000370. The maximum absolute atomic E-state index is 13.2. The molecule has 5 rings (SSSR count). The number of benzene rings is 1. The van der Waals surface area contributed by atoms with E-state index in [2.05, 4.69) is 49.3 Å². The van der Waals surface area contributed by atoms with E-state index in [9.17, 15) is 4.79 Å². The Kier molecular flexibility index (Phi) is 9.62. The number of nitrogens with one attached hydrogen (secondary N) is 1. The molecule has 0 bridgehead atoms. The highest BCUT2D eigenvalue weighted by Gasteiger charge is 2.31. The van der Waals surface area contributed by atoms with Crippen molar-refractivity contribution >= 4 is 31.0 Å². The van der Waals surface area contributed by atoms with Crippen molar-refractivity contribution in [2.75, 3.05) is 7.05 Å². The van der Waals surface area contributed by atoms with Gasteiger partial charge in [-0.1, -0.05) is 37.3 Å². The van der Waals surface area contributed by atoms with Crippen LogP contribution in [0.3, 0.4) is 0 Å². The van der Waals surface area contributed by atoms with E-state index in [0.717, 1.165) is 48.5 Å². The van der Waals surface area contributed by atoms with Crippen LogP contribution in [0.1, 0.15) is 69.7 Å². The first-order valence-corrected chi connectivity index (χ1v) is 13.7. The minimum absolute atomic E-state index is 0. The Labute approximate surface area is 242 Å². The molecular formula is C28H39N9O2S. The normalized spacial score (nSPS) is 19.3. The van der Waals surface area contributed by atoms with E-state index in [-0.39, 0.29) is 37.4 Å². The van der Waals surface area contributed by atoms with Gasteiger partial charge in [0.25, 0.3) is 0 Å². The minimum atomic E-state index is 0. The second-order valence-corrected chi connectivity index (χ2v) is 10.8. The molecule has 3 heterocycles. The number of carbonyl (C=O) groups is 1. The molecule has 0 unspecified atom stereocenters. The molecule has 1 aromatic carbocycles. The molecule has 40 heavy (non-hydrogen) atoms. The van der Waals surface area contributed by atoms with Crippen LogP contribution in [-0.2, 0) is 11.3 Å². The van der Waals surface area contributed by atoms with Crippen molar-refractivity contribution in [1.29, 1.82) is 0 Å². The highest BCUT2D eigenvalue weighted by Crippen LogP contribution is 2.34. The van der Waals surface area contributed by atoms with Gasteiger partial charge in [-0.15, -0.1) is 10.2 Å². The molecule has 3 N–H and O–H groups in total. The number of hydrogen-bond acceptors (Lipinski definition) is 9. The van der Waals surface area contributed by atoms with Gasteiger partial charge >= 0.3 is 0 Å². The predicted molar refractivity (Wildman–Crippen MR) is 158 cm³/mol. The summed E-state index contributed by atoms with van der Waals surface area (Å²) in [6.07, 6.45) is 6.66. The van der Waals surface area contributed by atoms with Crippen LogP contribution < -0.4 is 10.5 Å². The van der Waals surface area contributed by atoms with Gasteiger partial charge < -0.3 is 20.3 Å². The van der Waals surface area contributed by atoms with Gasteiger partial charge in [-0.25, -0.2) is 9.98 Å². The second kappa shape index (κ2) is 13.1. The van der Waals surface area contributed by atoms with Crippen molar-refractivity contribution in [3.8, 4) is 11.6 Å². The zero-order chi connectivity index (χ0) is 27.4. The lowest BCUT2D eigenvalue weighted by Gasteiger charge is -2.38. The maximum Gasteiger partial charge on any atom is 0.222 e. The van der Waals surface area contributed by atoms with Crippen LogP contribution in [-0.4, -0.2) is 66.4 Å². The van der Waals surface area contributed by atoms with Gasteiger partial charge in [0, 0.05) is 49.6 Å². The molecule has 0 saturated heterocycles. The molecule has 1 amide bonds. The van der Waals surface area contributed by atoms with E-state index in [4.69, 9.17) is 10.5 Å². The summed E-state index contributed by atoms with van der Waals surface area (Å²) in [6.45, 7) is 4.92. The summed E-state index contributed by atoms with van der Waals surface area (Å²) in [4.78, 5) is 26.3. The van der Waals surface area contributed by atoms with Crippen LogP contribution in [0.5, 0.6) is 11.6 Å². The number of guanidine groups is 1. The fourth-order valence-electron chi connectivity index (χ4n) is 5.66. The van der Waals surface area contributed by atoms with Crippen LogP contribution >= 0.6 is 13.5 Å². The first-order chi connectivity index (χ1) is 18.9. The lowest BCUT2D eigenvalue weighted by molar-refractivity contribution is -0.133. The van der Waals surface area contributed by atoms with E-state index >= 15 is 0 Å². The van der Waals surface area contributed by atoms with Crippen LogP contribution in [0.4, 0.5) is 5.69 Å². The number of amides is 1. The number of nitrogens with zero attached hydrogens (tertiary/aromatic N) is 7. The van der Waals surface area contributed by atoms with E-state index < -0.39 is 0 Å². The maximum atomic E-state index is 13.2. The monoisotopic (exact) mass is 565 g/mol. The highest BCUT2D eigenvalue weighted by atomic mass is 32.1. The third-order valence-corrected chi connectivity index (χ3v) is 7.96. The second-order valence-electron chi connectivity index (χ2n) is 10.8. The molecule has 2 aliphatic rings. The van der Waals surface area contributed by atoms with E-state index in [1.54, 1.807) is 6.20 Å². The third kappa shape index (κ3) is 6.72. The van der Waals surface area contributed by atoms with E-state index in [1.807, 2.05) is 48.3 Å². The number of aliphatic imine (C=N–C) groups is 1. The summed E-state index contributed by atoms with van der Waals surface area (Å²) in [5.74, 6) is 3.24. The van der Waals surface area contributed by atoms with Gasteiger partial charge in [-0.2, -0.15) is 18.7 Å². The number of fused-ring (bicyclic) bond motifs is 1. The van der Waals surface area contributed by atoms with E-state index in [1.165, 1.54) is 0 Å². The molecule has 11 nitrogen and oxygen atoms in total. The topological polar surface area (TPSA) is 139 Å². The van der Waals surface area contributed by atoms with Crippen molar-refractivity contribution in [1.82, 2.24) is 35.4 Å². The van der Waals surface area contributed by atoms with Gasteiger partial charge in [-0.05, 0) is 50.2 Å². The number of hydrogen-bond donors (Lipinski definition) is 2. The highest BCUT2D eigenvalue weighted by molar-refractivity contribution is 7.59. The molecule has 1 aliphatic carbocycles. The number of pyridine rings is 1. The number of aromatic nitrogens is 5. The van der Waals surface area contributed by atoms with Crippen LogP contribution in [0, 0.1) is 5.92 Å². The Hall–Kier alpha value is -3.67. The first-order valence-electron chi connectivity index (χ1n) is 13.7. The summed E-state index contributed by atoms with van der Waals surface area (Å²) in [5.41, 5.74) is 8.18. The number of ether oxygens (including phenoxy) is 1. The van der Waals surface area contributed by atoms with Gasteiger partial charge in [0.15, 0.2) is 11.8 Å². The molecule has 3 aromatic rings. The fraction of sp³-hybridized carbons (Fsp3) is 0.500. The number of aromatic amines is 1. The minimum Gasteiger partial charge on any atom is -0.439 e. The smallest absolute Gasteiger partial charge is 0.222 e. The summed E-state index contributed by atoms with van der Waals surface area (Å²) >= 11 is 0.